The summed E-state index contributed by atoms with van der Waals surface area (Å²) >= 11 is 7.11. The van der Waals surface area contributed by atoms with Crippen molar-refractivity contribution in [2.75, 3.05) is 0 Å². The smallest absolute Gasteiger partial charge is 0.0767 e. The summed E-state index contributed by atoms with van der Waals surface area (Å²) in [5, 5.41) is 8.06. The van der Waals surface area contributed by atoms with Crippen molar-refractivity contribution >= 4 is 31.9 Å². The molecule has 1 atom stereocenters. The summed E-state index contributed by atoms with van der Waals surface area (Å²) in [5.74, 6) is 0. The van der Waals surface area contributed by atoms with Gasteiger partial charge in [0.1, 0.15) is 0 Å². The molecule has 1 N–H and O–H groups in total. The summed E-state index contributed by atoms with van der Waals surface area (Å²) in [7, 11) is 1.99. The molecule has 1 unspecified atom stereocenters. The van der Waals surface area contributed by atoms with Gasteiger partial charge in [0, 0.05) is 24.1 Å². The maximum Gasteiger partial charge on any atom is 0.0767 e. The first kappa shape index (κ1) is 15.7. The van der Waals surface area contributed by atoms with Gasteiger partial charge in [-0.25, -0.2) is 0 Å². The number of hydrogen-bond acceptors (Lipinski definition) is 2. The van der Waals surface area contributed by atoms with Crippen molar-refractivity contribution in [3.63, 3.8) is 0 Å². The van der Waals surface area contributed by atoms with E-state index < -0.39 is 0 Å². The first-order valence-electron chi connectivity index (χ1n) is 6.72. The van der Waals surface area contributed by atoms with E-state index in [-0.39, 0.29) is 0 Å². The Labute approximate surface area is 137 Å². The van der Waals surface area contributed by atoms with Crippen molar-refractivity contribution in [1.29, 1.82) is 0 Å². The number of rotatable bonds is 5. The van der Waals surface area contributed by atoms with Gasteiger partial charge in [-0.2, -0.15) is 5.10 Å². The molecule has 0 bridgehead atoms. The van der Waals surface area contributed by atoms with E-state index in [4.69, 9.17) is 0 Å². The fourth-order valence-electron chi connectivity index (χ4n) is 2.13. The van der Waals surface area contributed by atoms with Crippen LogP contribution in [0, 0.1) is 0 Å². The van der Waals surface area contributed by atoms with Gasteiger partial charge < -0.3 is 5.32 Å². The van der Waals surface area contributed by atoms with Crippen LogP contribution in [-0.2, 0) is 20.0 Å². The van der Waals surface area contributed by atoms with Crippen LogP contribution in [-0.4, -0.2) is 9.78 Å². The van der Waals surface area contributed by atoms with Gasteiger partial charge >= 0.3 is 0 Å². The molecule has 0 amide bonds. The Bertz CT molecular complexity index is 576. The SMILES string of the molecule is CCc1nn(C)c(CNC(C)c2ccc(Br)cc2)c1Br. The molecule has 0 aliphatic carbocycles. The minimum Gasteiger partial charge on any atom is -0.305 e. The van der Waals surface area contributed by atoms with E-state index in [0.29, 0.717) is 6.04 Å². The Morgan fingerprint density at radius 2 is 1.90 bits per heavy atom. The van der Waals surface area contributed by atoms with Gasteiger partial charge in [-0.3, -0.25) is 4.68 Å². The Morgan fingerprint density at radius 1 is 1.25 bits per heavy atom. The van der Waals surface area contributed by atoms with E-state index in [0.717, 1.165) is 27.6 Å². The van der Waals surface area contributed by atoms with E-state index >= 15 is 0 Å². The van der Waals surface area contributed by atoms with Crippen molar-refractivity contribution in [3.05, 3.63) is 50.2 Å². The number of halogens is 2. The molecule has 0 aliphatic heterocycles. The van der Waals surface area contributed by atoms with Crippen LogP contribution >= 0.6 is 31.9 Å². The van der Waals surface area contributed by atoms with Crippen LogP contribution in [0.3, 0.4) is 0 Å². The Morgan fingerprint density at radius 3 is 2.45 bits per heavy atom. The van der Waals surface area contributed by atoms with Crippen molar-refractivity contribution in [3.8, 4) is 0 Å². The quantitative estimate of drug-likeness (QED) is 0.807. The van der Waals surface area contributed by atoms with Gasteiger partial charge in [0.25, 0.3) is 0 Å². The number of aryl methyl sites for hydroxylation is 2. The highest BCUT2D eigenvalue weighted by Gasteiger charge is 2.13. The second-order valence-corrected chi connectivity index (χ2v) is 6.55. The summed E-state index contributed by atoms with van der Waals surface area (Å²) in [6.45, 7) is 5.09. The minimum atomic E-state index is 0.301. The molecule has 0 saturated heterocycles. The molecule has 108 valence electrons. The summed E-state index contributed by atoms with van der Waals surface area (Å²) in [6, 6.07) is 8.72. The number of aromatic nitrogens is 2. The zero-order valence-corrected chi connectivity index (χ0v) is 15.1. The molecule has 0 saturated carbocycles. The molecule has 5 heteroatoms. The monoisotopic (exact) mass is 399 g/mol. The zero-order chi connectivity index (χ0) is 14.7. The van der Waals surface area contributed by atoms with Gasteiger partial charge in [-0.1, -0.05) is 35.0 Å². The lowest BCUT2D eigenvalue weighted by molar-refractivity contribution is 0.546. The Hall–Kier alpha value is -0.650. The van der Waals surface area contributed by atoms with Crippen LogP contribution in [0.25, 0.3) is 0 Å². The lowest BCUT2D eigenvalue weighted by atomic mass is 10.1. The first-order chi connectivity index (χ1) is 9.52. The molecule has 1 heterocycles. The number of nitrogens with one attached hydrogen (secondary N) is 1. The standard InChI is InChI=1S/C15H19Br2N3/c1-4-13-15(17)14(20(3)19-13)9-18-10(2)11-5-7-12(16)8-6-11/h5-8,10,18H,4,9H2,1-3H3. The molecular weight excluding hydrogens is 382 g/mol. The lowest BCUT2D eigenvalue weighted by Gasteiger charge is -2.14. The Balaban J connectivity index is 2.05. The molecule has 2 aromatic rings. The summed E-state index contributed by atoms with van der Waals surface area (Å²) in [6.07, 6.45) is 0.941. The minimum absolute atomic E-state index is 0.301. The first-order valence-corrected chi connectivity index (χ1v) is 8.30. The van der Waals surface area contributed by atoms with E-state index in [1.54, 1.807) is 0 Å². The van der Waals surface area contributed by atoms with Crippen LogP contribution in [0.5, 0.6) is 0 Å². The normalized spacial score (nSPS) is 12.7. The highest BCUT2D eigenvalue weighted by Crippen LogP contribution is 2.23. The van der Waals surface area contributed by atoms with E-state index in [2.05, 4.69) is 80.4 Å². The average Bonchev–Trinajstić information content (AvgIpc) is 2.71. The molecule has 0 fully saturated rings. The zero-order valence-electron chi connectivity index (χ0n) is 12.0. The van der Waals surface area contributed by atoms with Crippen LogP contribution in [0.2, 0.25) is 0 Å². The molecule has 3 nitrogen and oxygen atoms in total. The summed E-state index contributed by atoms with van der Waals surface area (Å²) < 4.78 is 4.18. The maximum absolute atomic E-state index is 4.51. The average molecular weight is 401 g/mol. The third kappa shape index (κ3) is 3.51. The number of benzene rings is 1. The lowest BCUT2D eigenvalue weighted by Crippen LogP contribution is -2.20. The fraction of sp³-hybridized carbons (Fsp3) is 0.400. The molecular formula is C15H19Br2N3. The predicted octanol–water partition coefficient (Wildman–Crippen LogP) is 4.36. The van der Waals surface area contributed by atoms with E-state index in [1.165, 1.54) is 11.3 Å². The van der Waals surface area contributed by atoms with Gasteiger partial charge in [0.05, 0.1) is 15.9 Å². The second-order valence-electron chi connectivity index (χ2n) is 4.84. The molecule has 20 heavy (non-hydrogen) atoms. The van der Waals surface area contributed by atoms with Crippen molar-refractivity contribution in [2.45, 2.75) is 32.9 Å². The van der Waals surface area contributed by atoms with Crippen molar-refractivity contribution in [2.24, 2.45) is 7.05 Å². The third-order valence-electron chi connectivity index (χ3n) is 3.45. The van der Waals surface area contributed by atoms with Gasteiger partial charge in [-0.15, -0.1) is 0 Å². The van der Waals surface area contributed by atoms with E-state index in [9.17, 15) is 0 Å². The number of nitrogens with zero attached hydrogens (tertiary/aromatic N) is 2. The van der Waals surface area contributed by atoms with Crippen LogP contribution in [0.4, 0.5) is 0 Å². The third-order valence-corrected chi connectivity index (χ3v) is 4.89. The van der Waals surface area contributed by atoms with Crippen LogP contribution < -0.4 is 5.32 Å². The highest BCUT2D eigenvalue weighted by atomic mass is 79.9. The molecule has 2 rings (SSSR count). The maximum atomic E-state index is 4.51. The topological polar surface area (TPSA) is 29.9 Å². The highest BCUT2D eigenvalue weighted by molar-refractivity contribution is 9.10. The molecule has 1 aromatic carbocycles. The van der Waals surface area contributed by atoms with E-state index in [1.807, 2.05) is 11.7 Å². The van der Waals surface area contributed by atoms with Gasteiger partial charge in [0.2, 0.25) is 0 Å². The van der Waals surface area contributed by atoms with Crippen molar-refractivity contribution in [1.82, 2.24) is 15.1 Å². The van der Waals surface area contributed by atoms with Crippen LogP contribution in [0.15, 0.2) is 33.2 Å². The predicted molar refractivity (Wildman–Crippen MR) is 89.7 cm³/mol. The van der Waals surface area contributed by atoms with Crippen molar-refractivity contribution < 1.29 is 0 Å². The van der Waals surface area contributed by atoms with Gasteiger partial charge in [-0.05, 0) is 47.0 Å². The molecule has 0 spiro atoms. The molecule has 1 aromatic heterocycles. The summed E-state index contributed by atoms with van der Waals surface area (Å²) in [5.41, 5.74) is 3.58. The fourth-order valence-corrected chi connectivity index (χ4v) is 3.15. The largest absolute Gasteiger partial charge is 0.305 e. The molecule has 0 aliphatic rings. The number of hydrogen-bond donors (Lipinski definition) is 1. The Kier molecular flexibility index (Phi) is 5.41. The second kappa shape index (κ2) is 6.87. The van der Waals surface area contributed by atoms with Gasteiger partial charge in [0.15, 0.2) is 0 Å². The summed E-state index contributed by atoms with van der Waals surface area (Å²) in [4.78, 5) is 0. The molecule has 0 radical (unpaired) electrons. The van der Waals surface area contributed by atoms with Crippen LogP contribution in [0.1, 0.15) is 36.8 Å².